The first-order chi connectivity index (χ1) is 14.8. The molecule has 2 aromatic heterocycles. The minimum Gasteiger partial charge on any atom is -0.350 e. The fourth-order valence-electron chi connectivity index (χ4n) is 2.91. The van der Waals surface area contributed by atoms with Gasteiger partial charge in [-0.3, -0.25) is 4.79 Å². The molecule has 172 valence electrons. The van der Waals surface area contributed by atoms with Crippen LogP contribution in [0, 0.1) is 6.92 Å². The van der Waals surface area contributed by atoms with E-state index in [-0.39, 0.29) is 34.2 Å². The maximum absolute atomic E-state index is 13.5. The number of aryl methyl sites for hydroxylation is 1. The Hall–Kier alpha value is -3.08. The number of hydrogen-bond acceptors (Lipinski definition) is 4. The third-order valence-electron chi connectivity index (χ3n) is 4.32. The summed E-state index contributed by atoms with van der Waals surface area (Å²) in [6.45, 7) is 7.68. The Morgan fingerprint density at radius 3 is 2.28 bits per heavy atom. The number of fused-ring (bicyclic) bond motifs is 1. The van der Waals surface area contributed by atoms with Gasteiger partial charge in [-0.1, -0.05) is 17.7 Å². The number of nitrogens with one attached hydrogen (secondary N) is 3. The van der Waals surface area contributed by atoms with Gasteiger partial charge in [0, 0.05) is 24.0 Å². The number of urea groups is 1. The minimum absolute atomic E-state index is 0.126. The molecule has 0 saturated carbocycles. The van der Waals surface area contributed by atoms with E-state index >= 15 is 0 Å². The van der Waals surface area contributed by atoms with Crippen LogP contribution in [0.15, 0.2) is 30.3 Å². The van der Waals surface area contributed by atoms with E-state index in [1.165, 1.54) is 10.7 Å². The molecule has 0 saturated heterocycles. The molecule has 0 atom stereocenters. The minimum atomic E-state index is -4.66. The number of carbonyl (C=O) groups excluding carboxylic acids is 2. The Morgan fingerprint density at radius 1 is 1.06 bits per heavy atom. The molecule has 3 amide bonds. The first-order valence-electron chi connectivity index (χ1n) is 9.86. The zero-order chi connectivity index (χ0) is 23.7. The summed E-state index contributed by atoms with van der Waals surface area (Å²) in [5.41, 5.74) is -0.00144. The van der Waals surface area contributed by atoms with Crippen LogP contribution in [0.1, 0.15) is 41.7 Å². The van der Waals surface area contributed by atoms with Crippen molar-refractivity contribution in [2.45, 2.75) is 39.4 Å². The maximum atomic E-state index is 13.5. The summed E-state index contributed by atoms with van der Waals surface area (Å²) in [4.78, 5) is 24.6. The molecule has 0 spiro atoms. The van der Waals surface area contributed by atoms with Crippen LogP contribution in [0.5, 0.6) is 0 Å². The van der Waals surface area contributed by atoms with Crippen molar-refractivity contribution in [1.82, 2.24) is 25.7 Å². The van der Waals surface area contributed by atoms with Crippen molar-refractivity contribution in [2.75, 3.05) is 13.1 Å². The lowest BCUT2D eigenvalue weighted by Gasteiger charge is -2.20. The van der Waals surface area contributed by atoms with Crippen LogP contribution < -0.4 is 16.0 Å². The predicted octanol–water partition coefficient (Wildman–Crippen LogP) is 4.24. The summed E-state index contributed by atoms with van der Waals surface area (Å²) >= 11 is 0.929. The van der Waals surface area contributed by atoms with Crippen molar-refractivity contribution in [3.63, 3.8) is 0 Å². The summed E-state index contributed by atoms with van der Waals surface area (Å²) in [6.07, 6.45) is -4.66. The van der Waals surface area contributed by atoms with Crippen molar-refractivity contribution in [2.24, 2.45) is 0 Å². The molecule has 7 nitrogen and oxygen atoms in total. The van der Waals surface area contributed by atoms with Gasteiger partial charge in [-0.15, -0.1) is 11.3 Å². The quantitative estimate of drug-likeness (QED) is 0.491. The second-order valence-corrected chi connectivity index (χ2v) is 9.34. The van der Waals surface area contributed by atoms with Crippen LogP contribution in [0.2, 0.25) is 0 Å². The van der Waals surface area contributed by atoms with Crippen LogP contribution in [0.25, 0.3) is 15.9 Å². The molecule has 0 radical (unpaired) electrons. The van der Waals surface area contributed by atoms with Crippen LogP contribution in [-0.4, -0.2) is 40.3 Å². The Labute approximate surface area is 187 Å². The summed E-state index contributed by atoms with van der Waals surface area (Å²) in [7, 11) is 0. The number of thiophene rings is 1. The number of benzene rings is 1. The first-order valence-corrected chi connectivity index (χ1v) is 10.7. The molecule has 1 aromatic carbocycles. The average Bonchev–Trinajstić information content (AvgIpc) is 3.23. The number of carbonyl (C=O) groups is 2. The van der Waals surface area contributed by atoms with Gasteiger partial charge in [-0.2, -0.15) is 18.3 Å². The molecule has 0 aliphatic carbocycles. The van der Waals surface area contributed by atoms with Gasteiger partial charge in [-0.05, 0) is 45.9 Å². The zero-order valence-electron chi connectivity index (χ0n) is 18.1. The molecular formula is C21H24F3N5O2S. The van der Waals surface area contributed by atoms with Gasteiger partial charge in [0.2, 0.25) is 0 Å². The van der Waals surface area contributed by atoms with E-state index in [1.807, 2.05) is 27.7 Å². The highest BCUT2D eigenvalue weighted by molar-refractivity contribution is 7.20. The summed E-state index contributed by atoms with van der Waals surface area (Å²) in [6, 6.07) is 7.74. The molecule has 3 N–H and O–H groups in total. The number of nitrogens with zero attached hydrogens (tertiary/aromatic N) is 2. The van der Waals surface area contributed by atoms with E-state index < -0.39 is 23.3 Å². The van der Waals surface area contributed by atoms with Gasteiger partial charge in [0.25, 0.3) is 5.91 Å². The van der Waals surface area contributed by atoms with E-state index in [1.54, 1.807) is 24.3 Å². The second kappa shape index (κ2) is 8.81. The molecule has 0 aliphatic rings. The molecule has 3 rings (SSSR count). The first kappa shape index (κ1) is 23.6. The van der Waals surface area contributed by atoms with Gasteiger partial charge in [-0.25, -0.2) is 9.48 Å². The van der Waals surface area contributed by atoms with Crippen molar-refractivity contribution in [1.29, 1.82) is 0 Å². The largest absolute Gasteiger partial charge is 0.435 e. The van der Waals surface area contributed by atoms with Crippen molar-refractivity contribution in [3.8, 4) is 5.69 Å². The number of alkyl halides is 3. The monoisotopic (exact) mass is 467 g/mol. The lowest BCUT2D eigenvalue weighted by atomic mass is 10.1. The Bertz CT molecular complexity index is 1130. The molecule has 0 aliphatic heterocycles. The van der Waals surface area contributed by atoms with Crippen LogP contribution in [-0.2, 0) is 6.18 Å². The highest BCUT2D eigenvalue weighted by atomic mass is 32.1. The number of hydrogen-bond donors (Lipinski definition) is 3. The number of halogens is 3. The lowest BCUT2D eigenvalue weighted by Crippen LogP contribution is -2.48. The Morgan fingerprint density at radius 2 is 1.69 bits per heavy atom. The van der Waals surface area contributed by atoms with Gasteiger partial charge in [0.15, 0.2) is 5.69 Å². The molecule has 2 heterocycles. The molecule has 11 heteroatoms. The highest BCUT2D eigenvalue weighted by Gasteiger charge is 2.38. The molecule has 3 aromatic rings. The highest BCUT2D eigenvalue weighted by Crippen LogP contribution is 2.38. The van der Waals surface area contributed by atoms with Crippen LogP contribution in [0.3, 0.4) is 0 Å². The topological polar surface area (TPSA) is 88.1 Å². The molecular weight excluding hydrogens is 443 g/mol. The van der Waals surface area contributed by atoms with Crippen molar-refractivity contribution in [3.05, 3.63) is 46.5 Å². The Balaban J connectivity index is 1.77. The van der Waals surface area contributed by atoms with Crippen LogP contribution in [0.4, 0.5) is 18.0 Å². The number of amides is 3. The summed E-state index contributed by atoms with van der Waals surface area (Å²) in [5, 5.41) is 11.6. The van der Waals surface area contributed by atoms with Gasteiger partial charge in [0.1, 0.15) is 4.83 Å². The predicted molar refractivity (Wildman–Crippen MR) is 117 cm³/mol. The van der Waals surface area contributed by atoms with Gasteiger partial charge in [0.05, 0.1) is 10.6 Å². The van der Waals surface area contributed by atoms with E-state index in [4.69, 9.17) is 0 Å². The molecule has 0 bridgehead atoms. The molecule has 32 heavy (non-hydrogen) atoms. The lowest BCUT2D eigenvalue weighted by molar-refractivity contribution is -0.140. The van der Waals surface area contributed by atoms with Gasteiger partial charge < -0.3 is 16.0 Å². The van der Waals surface area contributed by atoms with Crippen molar-refractivity contribution >= 4 is 33.5 Å². The summed E-state index contributed by atoms with van der Waals surface area (Å²) in [5.74, 6) is -0.521. The maximum Gasteiger partial charge on any atom is 0.435 e. The number of aromatic nitrogens is 2. The summed E-state index contributed by atoms with van der Waals surface area (Å²) < 4.78 is 41.8. The smallest absolute Gasteiger partial charge is 0.350 e. The number of rotatable bonds is 5. The zero-order valence-corrected chi connectivity index (χ0v) is 18.9. The second-order valence-electron chi connectivity index (χ2n) is 8.31. The van der Waals surface area contributed by atoms with Crippen molar-refractivity contribution < 1.29 is 22.8 Å². The fourth-order valence-corrected chi connectivity index (χ4v) is 3.96. The Kier molecular flexibility index (Phi) is 6.49. The van der Waals surface area contributed by atoms with E-state index in [0.29, 0.717) is 5.69 Å². The third-order valence-corrected chi connectivity index (χ3v) is 5.42. The van der Waals surface area contributed by atoms with E-state index in [2.05, 4.69) is 21.0 Å². The molecule has 0 fully saturated rings. The molecule has 0 unspecified atom stereocenters. The van der Waals surface area contributed by atoms with E-state index in [0.717, 1.165) is 16.9 Å². The SMILES string of the molecule is Cc1ccc(-n2nc(C(F)(F)F)c3cc(C(=O)NCCNC(=O)NC(C)(C)C)sc32)cc1. The fraction of sp³-hybridized carbons (Fsp3) is 0.381. The third kappa shape index (κ3) is 5.58. The van der Waals surface area contributed by atoms with Gasteiger partial charge >= 0.3 is 12.2 Å². The average molecular weight is 468 g/mol. The van der Waals surface area contributed by atoms with Crippen LogP contribution >= 0.6 is 11.3 Å². The normalized spacial score (nSPS) is 12.1. The standard InChI is InChI=1S/C21H24F3N5O2S/c1-12-5-7-13(8-6-12)29-18-14(16(28-29)21(22,23)24)11-15(32-18)17(30)25-9-10-26-19(31)27-20(2,3)4/h5-8,11H,9-10H2,1-4H3,(H,25,30)(H2,26,27,31). The van der Waals surface area contributed by atoms with E-state index in [9.17, 15) is 22.8 Å².